The lowest BCUT2D eigenvalue weighted by Gasteiger charge is -2.23. The number of benzene rings is 1. The SMILES string of the molecule is CN=C(NCCS(=O)(=O)C(C)(C)C)NCc1ccccc1OC(C)(C)C.I. The van der Waals surface area contributed by atoms with E-state index < -0.39 is 14.6 Å². The molecule has 0 fully saturated rings. The van der Waals surface area contributed by atoms with Crippen molar-refractivity contribution in [3.05, 3.63) is 29.8 Å². The smallest absolute Gasteiger partial charge is 0.191 e. The second-order valence-corrected chi connectivity index (χ2v) is 11.0. The quantitative estimate of drug-likeness (QED) is 0.348. The number of aliphatic imine (C=N–C) groups is 1. The number of sulfone groups is 1. The first-order chi connectivity index (χ1) is 11.9. The van der Waals surface area contributed by atoms with E-state index >= 15 is 0 Å². The highest BCUT2D eigenvalue weighted by molar-refractivity contribution is 14.0. The van der Waals surface area contributed by atoms with Gasteiger partial charge < -0.3 is 15.4 Å². The fourth-order valence-corrected chi connectivity index (χ4v) is 3.07. The van der Waals surface area contributed by atoms with E-state index in [0.717, 1.165) is 11.3 Å². The summed E-state index contributed by atoms with van der Waals surface area (Å²) >= 11 is 0. The lowest BCUT2D eigenvalue weighted by atomic mass is 10.1. The first-order valence-corrected chi connectivity index (χ1v) is 10.4. The van der Waals surface area contributed by atoms with Crippen molar-refractivity contribution in [3.8, 4) is 5.75 Å². The molecule has 1 aromatic carbocycles. The Morgan fingerprint density at radius 1 is 1.07 bits per heavy atom. The molecule has 1 rings (SSSR count). The molecular formula is C19H34IN3O3S. The van der Waals surface area contributed by atoms with E-state index in [0.29, 0.717) is 19.0 Å². The summed E-state index contributed by atoms with van der Waals surface area (Å²) in [5.74, 6) is 1.43. The third-order valence-electron chi connectivity index (χ3n) is 3.65. The number of nitrogens with one attached hydrogen (secondary N) is 2. The fraction of sp³-hybridized carbons (Fsp3) is 0.632. The maximum Gasteiger partial charge on any atom is 0.191 e. The number of para-hydroxylation sites is 1. The Bertz CT molecular complexity index is 720. The predicted molar refractivity (Wildman–Crippen MR) is 124 cm³/mol. The van der Waals surface area contributed by atoms with Crippen molar-refractivity contribution in [2.75, 3.05) is 19.3 Å². The lowest BCUT2D eigenvalue weighted by molar-refractivity contribution is 0.129. The van der Waals surface area contributed by atoms with Crippen molar-refractivity contribution >= 4 is 39.8 Å². The molecule has 0 saturated heterocycles. The van der Waals surface area contributed by atoms with Crippen LogP contribution in [0.1, 0.15) is 47.1 Å². The molecule has 0 saturated carbocycles. The fourth-order valence-electron chi connectivity index (χ4n) is 2.09. The molecule has 0 aliphatic carbocycles. The molecule has 0 unspecified atom stereocenters. The molecule has 0 bridgehead atoms. The highest BCUT2D eigenvalue weighted by Crippen LogP contribution is 2.22. The van der Waals surface area contributed by atoms with Gasteiger partial charge in [-0.05, 0) is 47.6 Å². The molecule has 0 aromatic heterocycles. The van der Waals surface area contributed by atoms with Gasteiger partial charge in [0.25, 0.3) is 0 Å². The van der Waals surface area contributed by atoms with Gasteiger partial charge in [-0.3, -0.25) is 4.99 Å². The minimum Gasteiger partial charge on any atom is -0.488 e. The molecule has 2 N–H and O–H groups in total. The minimum atomic E-state index is -3.16. The van der Waals surface area contributed by atoms with E-state index in [2.05, 4.69) is 15.6 Å². The normalized spacial score (nSPS) is 12.9. The van der Waals surface area contributed by atoms with Gasteiger partial charge in [0, 0.05) is 25.7 Å². The van der Waals surface area contributed by atoms with Crippen LogP contribution in [0.25, 0.3) is 0 Å². The van der Waals surface area contributed by atoms with Gasteiger partial charge in [0.05, 0.1) is 10.5 Å². The number of halogens is 1. The summed E-state index contributed by atoms with van der Waals surface area (Å²) in [5, 5.41) is 6.26. The van der Waals surface area contributed by atoms with Crippen LogP contribution < -0.4 is 15.4 Å². The summed E-state index contributed by atoms with van der Waals surface area (Å²) in [6.45, 7) is 12.0. The van der Waals surface area contributed by atoms with E-state index in [9.17, 15) is 8.42 Å². The summed E-state index contributed by atoms with van der Waals surface area (Å²) in [4.78, 5) is 4.15. The zero-order chi connectivity index (χ0) is 20.0. The average Bonchev–Trinajstić information content (AvgIpc) is 2.49. The van der Waals surface area contributed by atoms with E-state index in [-0.39, 0.29) is 35.3 Å². The van der Waals surface area contributed by atoms with Gasteiger partial charge >= 0.3 is 0 Å². The van der Waals surface area contributed by atoms with Crippen molar-refractivity contribution in [2.24, 2.45) is 4.99 Å². The van der Waals surface area contributed by atoms with Gasteiger partial charge in [-0.2, -0.15) is 0 Å². The van der Waals surface area contributed by atoms with Crippen LogP contribution >= 0.6 is 24.0 Å². The summed E-state index contributed by atoms with van der Waals surface area (Å²) in [7, 11) is -1.50. The van der Waals surface area contributed by atoms with Crippen LogP contribution in [0.15, 0.2) is 29.3 Å². The van der Waals surface area contributed by atoms with E-state index in [1.807, 2.05) is 45.0 Å². The first-order valence-electron chi connectivity index (χ1n) is 8.79. The Kier molecular flexibility index (Phi) is 10.1. The van der Waals surface area contributed by atoms with Gasteiger partial charge in [-0.15, -0.1) is 24.0 Å². The van der Waals surface area contributed by atoms with Gasteiger partial charge in [-0.25, -0.2) is 8.42 Å². The summed E-state index contributed by atoms with van der Waals surface area (Å²) in [5.41, 5.74) is 0.727. The van der Waals surface area contributed by atoms with Crippen molar-refractivity contribution in [1.29, 1.82) is 0 Å². The first kappa shape index (κ1) is 26.0. The van der Waals surface area contributed by atoms with Crippen molar-refractivity contribution in [1.82, 2.24) is 10.6 Å². The zero-order valence-corrected chi connectivity index (χ0v) is 20.6. The minimum absolute atomic E-state index is 0. The highest BCUT2D eigenvalue weighted by atomic mass is 127. The largest absolute Gasteiger partial charge is 0.488 e. The van der Waals surface area contributed by atoms with Gasteiger partial charge in [0.1, 0.15) is 11.4 Å². The van der Waals surface area contributed by atoms with Crippen molar-refractivity contribution in [3.63, 3.8) is 0 Å². The predicted octanol–water partition coefficient (Wildman–Crippen LogP) is 3.36. The Morgan fingerprint density at radius 2 is 1.67 bits per heavy atom. The van der Waals surface area contributed by atoms with Crippen molar-refractivity contribution < 1.29 is 13.2 Å². The number of hydrogen-bond donors (Lipinski definition) is 2. The molecule has 6 nitrogen and oxygen atoms in total. The van der Waals surface area contributed by atoms with Crippen LogP contribution in [0.3, 0.4) is 0 Å². The van der Waals surface area contributed by atoms with Crippen LogP contribution in [0.5, 0.6) is 5.75 Å². The van der Waals surface area contributed by atoms with Gasteiger partial charge in [-0.1, -0.05) is 18.2 Å². The summed E-state index contributed by atoms with van der Waals surface area (Å²) in [6.07, 6.45) is 0. The molecule has 0 aliphatic heterocycles. The number of guanidine groups is 1. The molecule has 1 aromatic rings. The van der Waals surface area contributed by atoms with Crippen LogP contribution in [0.4, 0.5) is 0 Å². The molecular weight excluding hydrogens is 477 g/mol. The van der Waals surface area contributed by atoms with E-state index in [1.165, 1.54) is 0 Å². The number of hydrogen-bond acceptors (Lipinski definition) is 4. The lowest BCUT2D eigenvalue weighted by Crippen LogP contribution is -2.41. The monoisotopic (exact) mass is 511 g/mol. The Morgan fingerprint density at radius 3 is 2.19 bits per heavy atom. The standard InChI is InChI=1S/C19H33N3O3S.HI/c1-18(2,3)25-16-11-9-8-10-15(16)14-22-17(20-7)21-12-13-26(23,24)19(4,5)6;/h8-11H,12-14H2,1-7H3,(H2,20,21,22);1H. The number of ether oxygens (including phenoxy) is 1. The van der Waals surface area contributed by atoms with E-state index in [1.54, 1.807) is 27.8 Å². The third kappa shape index (κ3) is 9.14. The van der Waals surface area contributed by atoms with Crippen LogP contribution in [0.2, 0.25) is 0 Å². The highest BCUT2D eigenvalue weighted by Gasteiger charge is 2.28. The van der Waals surface area contributed by atoms with Crippen LogP contribution in [-0.2, 0) is 16.4 Å². The van der Waals surface area contributed by atoms with Gasteiger partial charge in [0.2, 0.25) is 0 Å². The Hall–Kier alpha value is -1.03. The molecule has 0 spiro atoms. The number of nitrogens with zero attached hydrogens (tertiary/aromatic N) is 1. The molecule has 0 aliphatic rings. The Balaban J connectivity index is 0.00000676. The summed E-state index contributed by atoms with van der Waals surface area (Å²) < 4.78 is 29.6. The van der Waals surface area contributed by atoms with Crippen LogP contribution in [0, 0.1) is 0 Å². The maximum absolute atomic E-state index is 12.2. The topological polar surface area (TPSA) is 79.8 Å². The molecule has 27 heavy (non-hydrogen) atoms. The molecule has 0 atom stereocenters. The third-order valence-corrected chi connectivity index (χ3v) is 6.26. The second kappa shape index (κ2) is 10.5. The average molecular weight is 511 g/mol. The van der Waals surface area contributed by atoms with Crippen LogP contribution in [-0.4, -0.2) is 44.1 Å². The second-order valence-electron chi connectivity index (χ2n) is 8.11. The Labute approximate surface area is 181 Å². The molecule has 0 amide bonds. The summed E-state index contributed by atoms with van der Waals surface area (Å²) in [6, 6.07) is 7.83. The number of rotatable bonds is 6. The van der Waals surface area contributed by atoms with Crippen molar-refractivity contribution in [2.45, 2.75) is 58.4 Å². The van der Waals surface area contributed by atoms with E-state index in [4.69, 9.17) is 4.74 Å². The molecule has 0 heterocycles. The molecule has 0 radical (unpaired) electrons. The zero-order valence-electron chi connectivity index (χ0n) is 17.4. The maximum atomic E-state index is 12.2. The molecule has 156 valence electrons. The van der Waals surface area contributed by atoms with Gasteiger partial charge in [0.15, 0.2) is 15.8 Å². The molecule has 8 heteroatoms.